The fourth-order valence-corrected chi connectivity index (χ4v) is 2.24. The molecule has 0 radical (unpaired) electrons. The lowest BCUT2D eigenvalue weighted by Crippen LogP contribution is -2.47. The monoisotopic (exact) mass is 291 g/mol. The van der Waals surface area contributed by atoms with Crippen molar-refractivity contribution in [2.75, 3.05) is 38.5 Å². The Morgan fingerprint density at radius 2 is 1.81 bits per heavy atom. The van der Waals surface area contributed by atoms with Crippen LogP contribution in [-0.4, -0.2) is 64.4 Å². The Labute approximate surface area is 126 Å². The molecule has 6 heteroatoms. The largest absolute Gasteiger partial charge is 0.350 e. The molecule has 6 nitrogen and oxygen atoms in total. The van der Waals surface area contributed by atoms with Gasteiger partial charge in [0.2, 0.25) is 5.95 Å². The molecule has 1 saturated heterocycles. The van der Waals surface area contributed by atoms with E-state index in [0.717, 1.165) is 31.9 Å². The van der Waals surface area contributed by atoms with Gasteiger partial charge in [-0.2, -0.15) is 0 Å². The van der Waals surface area contributed by atoms with Gasteiger partial charge in [0.05, 0.1) is 0 Å². The Morgan fingerprint density at radius 3 is 2.38 bits per heavy atom. The van der Waals surface area contributed by atoms with E-state index in [1.54, 1.807) is 6.07 Å². The van der Waals surface area contributed by atoms with Crippen molar-refractivity contribution in [3.05, 3.63) is 17.5 Å². The second-order valence-corrected chi connectivity index (χ2v) is 6.69. The molecule has 0 aliphatic carbocycles. The number of aromatic nitrogens is 2. The van der Waals surface area contributed by atoms with Gasteiger partial charge in [-0.1, -0.05) is 0 Å². The van der Waals surface area contributed by atoms with E-state index in [2.05, 4.69) is 27.2 Å². The number of aryl methyl sites for hydroxylation is 1. The molecule has 1 fully saturated rings. The van der Waals surface area contributed by atoms with E-state index < -0.39 is 0 Å². The fraction of sp³-hybridized carbons (Fsp3) is 0.667. The zero-order valence-corrected chi connectivity index (χ0v) is 13.6. The van der Waals surface area contributed by atoms with E-state index in [9.17, 15) is 4.79 Å². The highest BCUT2D eigenvalue weighted by Crippen LogP contribution is 2.13. The van der Waals surface area contributed by atoms with Crippen LogP contribution >= 0.6 is 0 Å². The van der Waals surface area contributed by atoms with Crippen molar-refractivity contribution in [1.82, 2.24) is 19.8 Å². The highest BCUT2D eigenvalue weighted by molar-refractivity contribution is 5.92. The van der Waals surface area contributed by atoms with Crippen LogP contribution in [0.25, 0.3) is 0 Å². The number of carbonyl (C=O) groups excluding carboxylic acids is 1. The summed E-state index contributed by atoms with van der Waals surface area (Å²) in [6, 6.07) is 1.76. The van der Waals surface area contributed by atoms with Crippen LogP contribution in [0.3, 0.4) is 0 Å². The zero-order valence-electron chi connectivity index (χ0n) is 13.6. The molecule has 1 aromatic rings. The first-order valence-corrected chi connectivity index (χ1v) is 7.36. The summed E-state index contributed by atoms with van der Waals surface area (Å²) in [5.41, 5.74) is 1.13. The van der Waals surface area contributed by atoms with Crippen LogP contribution in [0.5, 0.6) is 0 Å². The summed E-state index contributed by atoms with van der Waals surface area (Å²) >= 11 is 0. The summed E-state index contributed by atoms with van der Waals surface area (Å²) in [5, 5.41) is 3.23. The van der Waals surface area contributed by atoms with Crippen molar-refractivity contribution < 1.29 is 4.79 Å². The molecule has 1 N–H and O–H groups in total. The minimum atomic E-state index is -0.137. The summed E-state index contributed by atoms with van der Waals surface area (Å²) in [6.45, 7) is 11.3. The molecule has 21 heavy (non-hydrogen) atoms. The van der Waals surface area contributed by atoms with E-state index >= 15 is 0 Å². The topological polar surface area (TPSA) is 61.4 Å². The molecular formula is C15H25N5O. The first kappa shape index (κ1) is 15.7. The number of hydrogen-bond acceptors (Lipinski definition) is 5. The molecule has 1 amide bonds. The summed E-state index contributed by atoms with van der Waals surface area (Å²) < 4.78 is 0. The number of nitrogens with one attached hydrogen (secondary N) is 1. The van der Waals surface area contributed by atoms with Crippen LogP contribution in [0.15, 0.2) is 6.07 Å². The van der Waals surface area contributed by atoms with Gasteiger partial charge < -0.3 is 15.1 Å². The zero-order chi connectivity index (χ0) is 15.6. The molecule has 1 aromatic heterocycles. The van der Waals surface area contributed by atoms with Crippen LogP contribution < -0.4 is 5.32 Å². The number of anilines is 1. The lowest BCUT2D eigenvalue weighted by Gasteiger charge is -2.32. The number of rotatable bonds is 2. The summed E-state index contributed by atoms with van der Waals surface area (Å²) in [5.74, 6) is 0.505. The highest BCUT2D eigenvalue weighted by atomic mass is 16.2. The average molecular weight is 291 g/mol. The second-order valence-electron chi connectivity index (χ2n) is 6.69. The number of carbonyl (C=O) groups is 1. The number of piperazine rings is 1. The average Bonchev–Trinajstić information content (AvgIpc) is 2.36. The first-order valence-electron chi connectivity index (χ1n) is 7.36. The van der Waals surface area contributed by atoms with E-state index in [-0.39, 0.29) is 11.4 Å². The SMILES string of the molecule is Cc1cc(C(=O)N2CCN(C)CC2)nc(NC(C)(C)C)n1. The van der Waals surface area contributed by atoms with Crippen molar-refractivity contribution in [2.45, 2.75) is 33.2 Å². The fourth-order valence-electron chi connectivity index (χ4n) is 2.24. The van der Waals surface area contributed by atoms with E-state index in [0.29, 0.717) is 11.6 Å². The maximum atomic E-state index is 12.6. The number of amides is 1. The van der Waals surface area contributed by atoms with Gasteiger partial charge in [-0.25, -0.2) is 9.97 Å². The predicted octanol–water partition coefficient (Wildman–Crippen LogP) is 1.38. The van der Waals surface area contributed by atoms with E-state index in [4.69, 9.17) is 0 Å². The molecule has 1 aliphatic heterocycles. The Kier molecular flexibility index (Phi) is 4.46. The van der Waals surface area contributed by atoms with Crippen molar-refractivity contribution in [2.24, 2.45) is 0 Å². The number of nitrogens with zero attached hydrogens (tertiary/aromatic N) is 4. The molecular weight excluding hydrogens is 266 g/mol. The Hall–Kier alpha value is -1.69. The van der Waals surface area contributed by atoms with Gasteiger partial charge in [-0.05, 0) is 40.8 Å². The number of likely N-dealkylation sites (N-methyl/N-ethyl adjacent to an activating group) is 1. The van der Waals surface area contributed by atoms with Gasteiger partial charge in [0.15, 0.2) is 0 Å². The van der Waals surface area contributed by atoms with Crippen LogP contribution in [0, 0.1) is 6.92 Å². The predicted molar refractivity (Wildman–Crippen MR) is 83.5 cm³/mol. The van der Waals surface area contributed by atoms with Crippen LogP contribution in [0.1, 0.15) is 37.0 Å². The Morgan fingerprint density at radius 1 is 1.19 bits per heavy atom. The van der Waals surface area contributed by atoms with Crippen LogP contribution in [0.2, 0.25) is 0 Å². The van der Waals surface area contributed by atoms with Gasteiger partial charge >= 0.3 is 0 Å². The maximum Gasteiger partial charge on any atom is 0.272 e. The molecule has 0 saturated carbocycles. The number of hydrogen-bond donors (Lipinski definition) is 1. The lowest BCUT2D eigenvalue weighted by molar-refractivity contribution is 0.0658. The molecule has 0 aromatic carbocycles. The molecule has 0 bridgehead atoms. The van der Waals surface area contributed by atoms with Crippen molar-refractivity contribution in [3.63, 3.8) is 0 Å². The minimum Gasteiger partial charge on any atom is -0.350 e. The standard InChI is InChI=1S/C15H25N5O/c1-11-10-12(17-14(16-11)18-15(2,3)4)13(21)20-8-6-19(5)7-9-20/h10H,6-9H2,1-5H3,(H,16,17,18). The third kappa shape index (κ3) is 4.39. The van der Waals surface area contributed by atoms with Gasteiger partial charge in [0.25, 0.3) is 5.91 Å². The highest BCUT2D eigenvalue weighted by Gasteiger charge is 2.22. The third-order valence-electron chi connectivity index (χ3n) is 3.35. The Balaban J connectivity index is 2.17. The quantitative estimate of drug-likeness (QED) is 0.892. The molecule has 0 unspecified atom stereocenters. The minimum absolute atomic E-state index is 0.00874. The van der Waals surface area contributed by atoms with Crippen molar-refractivity contribution >= 4 is 11.9 Å². The van der Waals surface area contributed by atoms with Crippen molar-refractivity contribution in [3.8, 4) is 0 Å². The molecule has 2 rings (SSSR count). The maximum absolute atomic E-state index is 12.6. The van der Waals surface area contributed by atoms with E-state index in [1.165, 1.54) is 0 Å². The molecule has 0 spiro atoms. The van der Waals surface area contributed by atoms with Crippen molar-refractivity contribution in [1.29, 1.82) is 0 Å². The van der Waals surface area contributed by atoms with Crippen LogP contribution in [0.4, 0.5) is 5.95 Å². The third-order valence-corrected chi connectivity index (χ3v) is 3.35. The summed E-state index contributed by atoms with van der Waals surface area (Å²) in [7, 11) is 2.07. The summed E-state index contributed by atoms with van der Waals surface area (Å²) in [4.78, 5) is 25.4. The molecule has 116 valence electrons. The van der Waals surface area contributed by atoms with Gasteiger partial charge in [-0.15, -0.1) is 0 Å². The second kappa shape index (κ2) is 5.97. The molecule has 1 aliphatic rings. The van der Waals surface area contributed by atoms with Gasteiger partial charge in [0, 0.05) is 37.4 Å². The van der Waals surface area contributed by atoms with Gasteiger partial charge in [-0.3, -0.25) is 4.79 Å². The van der Waals surface area contributed by atoms with E-state index in [1.807, 2.05) is 32.6 Å². The summed E-state index contributed by atoms with van der Waals surface area (Å²) in [6.07, 6.45) is 0. The first-order chi connectivity index (χ1) is 9.74. The normalized spacial score (nSPS) is 16.9. The van der Waals surface area contributed by atoms with Crippen LogP contribution in [-0.2, 0) is 0 Å². The Bertz CT molecular complexity index is 515. The van der Waals surface area contributed by atoms with Gasteiger partial charge in [0.1, 0.15) is 5.69 Å². The molecule has 2 heterocycles. The lowest BCUT2D eigenvalue weighted by atomic mass is 10.1. The smallest absolute Gasteiger partial charge is 0.272 e. The molecule has 0 atom stereocenters.